The van der Waals surface area contributed by atoms with E-state index >= 15 is 0 Å². The summed E-state index contributed by atoms with van der Waals surface area (Å²) < 4.78 is 0. The number of H-pyrrole nitrogens is 1. The lowest BCUT2D eigenvalue weighted by Gasteiger charge is -2.08. The molecule has 0 bridgehead atoms. The first kappa shape index (κ1) is 11.9. The third kappa shape index (κ3) is 1.93. The first-order chi connectivity index (χ1) is 10.3. The van der Waals surface area contributed by atoms with E-state index in [1.165, 1.54) is 5.39 Å². The Morgan fingerprint density at radius 1 is 0.714 bits per heavy atom. The molecule has 0 unspecified atom stereocenters. The Kier molecular flexibility index (Phi) is 2.61. The van der Waals surface area contributed by atoms with E-state index in [-0.39, 0.29) is 5.43 Å². The molecule has 100 valence electrons. The number of aromatic amines is 1. The second-order valence-electron chi connectivity index (χ2n) is 5.12. The standard InChI is InChI=1S/C19H13NO/c21-19-12-18(20-17-11-4-3-9-16(17)19)15-10-5-7-13-6-1-2-8-14(13)15/h1-12H,(H,20,21). The minimum atomic E-state index is 0.0484. The zero-order valence-electron chi connectivity index (χ0n) is 11.3. The van der Waals surface area contributed by atoms with Crippen LogP contribution in [-0.4, -0.2) is 4.98 Å². The van der Waals surface area contributed by atoms with Gasteiger partial charge in [0.15, 0.2) is 5.43 Å². The first-order valence-electron chi connectivity index (χ1n) is 6.93. The fourth-order valence-electron chi connectivity index (χ4n) is 2.80. The number of hydrogen-bond donors (Lipinski definition) is 1. The van der Waals surface area contributed by atoms with Crippen molar-refractivity contribution in [1.82, 2.24) is 4.98 Å². The maximum atomic E-state index is 12.3. The summed E-state index contributed by atoms with van der Waals surface area (Å²) in [6.45, 7) is 0. The third-order valence-corrected chi connectivity index (χ3v) is 3.82. The van der Waals surface area contributed by atoms with Crippen LogP contribution in [0.4, 0.5) is 0 Å². The SMILES string of the molecule is O=c1cc(-c2cccc3ccccc23)[nH]c2ccccc12. The Bertz CT molecular complexity index is 1010. The van der Waals surface area contributed by atoms with E-state index in [1.807, 2.05) is 48.5 Å². The van der Waals surface area contributed by atoms with Gasteiger partial charge < -0.3 is 4.98 Å². The van der Waals surface area contributed by atoms with Crippen LogP contribution < -0.4 is 5.43 Å². The molecule has 1 N–H and O–H groups in total. The highest BCUT2D eigenvalue weighted by atomic mass is 16.1. The van der Waals surface area contributed by atoms with Crippen molar-refractivity contribution >= 4 is 21.7 Å². The van der Waals surface area contributed by atoms with E-state index in [1.54, 1.807) is 6.07 Å². The molecule has 3 aromatic carbocycles. The van der Waals surface area contributed by atoms with Crippen LogP contribution in [0.1, 0.15) is 0 Å². The van der Waals surface area contributed by atoms with Crippen LogP contribution in [0.3, 0.4) is 0 Å². The van der Waals surface area contributed by atoms with Gasteiger partial charge in [-0.3, -0.25) is 4.79 Å². The molecule has 0 amide bonds. The van der Waals surface area contributed by atoms with Gasteiger partial charge in [-0.05, 0) is 22.9 Å². The maximum absolute atomic E-state index is 12.3. The predicted molar refractivity (Wildman–Crippen MR) is 87.5 cm³/mol. The highest BCUT2D eigenvalue weighted by Gasteiger charge is 2.06. The number of pyridine rings is 1. The number of hydrogen-bond acceptors (Lipinski definition) is 1. The van der Waals surface area contributed by atoms with Crippen molar-refractivity contribution in [1.29, 1.82) is 0 Å². The summed E-state index contributed by atoms with van der Waals surface area (Å²) in [4.78, 5) is 15.7. The highest BCUT2D eigenvalue weighted by molar-refractivity contribution is 5.96. The lowest BCUT2D eigenvalue weighted by molar-refractivity contribution is 1.39. The number of para-hydroxylation sites is 1. The van der Waals surface area contributed by atoms with Crippen LogP contribution in [0.25, 0.3) is 32.9 Å². The minimum absolute atomic E-state index is 0.0484. The first-order valence-corrected chi connectivity index (χ1v) is 6.93. The van der Waals surface area contributed by atoms with Crippen LogP contribution in [-0.2, 0) is 0 Å². The average Bonchev–Trinajstić information content (AvgIpc) is 2.54. The minimum Gasteiger partial charge on any atom is -0.354 e. The molecule has 0 saturated heterocycles. The van der Waals surface area contributed by atoms with Crippen molar-refractivity contribution in [3.63, 3.8) is 0 Å². The smallest absolute Gasteiger partial charge is 0.190 e. The molecule has 2 heteroatoms. The van der Waals surface area contributed by atoms with Crippen LogP contribution in [0.5, 0.6) is 0 Å². The van der Waals surface area contributed by atoms with Crippen molar-refractivity contribution < 1.29 is 0 Å². The van der Waals surface area contributed by atoms with Crippen LogP contribution in [0, 0.1) is 0 Å². The molecular formula is C19H13NO. The van der Waals surface area contributed by atoms with Crippen molar-refractivity contribution in [3.05, 3.63) is 83.0 Å². The van der Waals surface area contributed by atoms with E-state index in [0.29, 0.717) is 0 Å². The fourth-order valence-corrected chi connectivity index (χ4v) is 2.80. The number of rotatable bonds is 1. The van der Waals surface area contributed by atoms with Gasteiger partial charge in [0.05, 0.1) is 5.69 Å². The molecule has 1 aromatic heterocycles. The Labute approximate surface area is 121 Å². The van der Waals surface area contributed by atoms with E-state index in [2.05, 4.69) is 23.2 Å². The third-order valence-electron chi connectivity index (χ3n) is 3.82. The average molecular weight is 271 g/mol. The number of fused-ring (bicyclic) bond motifs is 2. The van der Waals surface area contributed by atoms with E-state index in [9.17, 15) is 4.79 Å². The van der Waals surface area contributed by atoms with Gasteiger partial charge >= 0.3 is 0 Å². The number of benzene rings is 3. The Balaban J connectivity index is 2.07. The van der Waals surface area contributed by atoms with Crippen molar-refractivity contribution in [2.75, 3.05) is 0 Å². The molecule has 0 atom stereocenters. The zero-order chi connectivity index (χ0) is 14.2. The highest BCUT2D eigenvalue weighted by Crippen LogP contribution is 2.27. The largest absolute Gasteiger partial charge is 0.354 e. The van der Waals surface area contributed by atoms with Gasteiger partial charge in [-0.2, -0.15) is 0 Å². The molecule has 0 spiro atoms. The Hall–Kier alpha value is -2.87. The molecular weight excluding hydrogens is 258 g/mol. The maximum Gasteiger partial charge on any atom is 0.190 e. The molecule has 0 aliphatic heterocycles. The molecule has 2 nitrogen and oxygen atoms in total. The monoisotopic (exact) mass is 271 g/mol. The molecule has 4 rings (SSSR count). The summed E-state index contributed by atoms with van der Waals surface area (Å²) in [5, 5.41) is 3.04. The normalized spacial score (nSPS) is 11.0. The quantitative estimate of drug-likeness (QED) is 0.548. The van der Waals surface area contributed by atoms with Crippen molar-refractivity contribution in [3.8, 4) is 11.3 Å². The topological polar surface area (TPSA) is 32.9 Å². The molecule has 1 heterocycles. The van der Waals surface area contributed by atoms with Crippen LogP contribution in [0.15, 0.2) is 77.6 Å². The summed E-state index contributed by atoms with van der Waals surface area (Å²) in [7, 11) is 0. The van der Waals surface area contributed by atoms with Gasteiger partial charge in [0.1, 0.15) is 0 Å². The second-order valence-corrected chi connectivity index (χ2v) is 5.12. The molecule has 0 aliphatic rings. The van der Waals surface area contributed by atoms with Crippen molar-refractivity contribution in [2.24, 2.45) is 0 Å². The summed E-state index contributed by atoms with van der Waals surface area (Å²) in [6.07, 6.45) is 0. The molecule has 0 fully saturated rings. The van der Waals surface area contributed by atoms with Crippen LogP contribution in [0.2, 0.25) is 0 Å². The van der Waals surface area contributed by atoms with Gasteiger partial charge in [0, 0.05) is 22.5 Å². The van der Waals surface area contributed by atoms with Gasteiger partial charge in [-0.15, -0.1) is 0 Å². The summed E-state index contributed by atoms with van der Waals surface area (Å²) in [5.41, 5.74) is 2.83. The van der Waals surface area contributed by atoms with E-state index < -0.39 is 0 Å². The lowest BCUT2D eigenvalue weighted by atomic mass is 10.0. The molecule has 0 radical (unpaired) electrons. The number of nitrogens with one attached hydrogen (secondary N) is 1. The Morgan fingerprint density at radius 2 is 1.43 bits per heavy atom. The summed E-state index contributed by atoms with van der Waals surface area (Å²) >= 11 is 0. The lowest BCUT2D eigenvalue weighted by Crippen LogP contribution is -2.02. The molecule has 4 aromatic rings. The zero-order valence-corrected chi connectivity index (χ0v) is 11.3. The molecule has 0 saturated carbocycles. The van der Waals surface area contributed by atoms with E-state index in [4.69, 9.17) is 0 Å². The van der Waals surface area contributed by atoms with Gasteiger partial charge in [-0.25, -0.2) is 0 Å². The van der Waals surface area contributed by atoms with E-state index in [0.717, 1.165) is 27.5 Å². The van der Waals surface area contributed by atoms with Crippen molar-refractivity contribution in [2.45, 2.75) is 0 Å². The number of aromatic nitrogens is 1. The van der Waals surface area contributed by atoms with Gasteiger partial charge in [0.25, 0.3) is 0 Å². The van der Waals surface area contributed by atoms with Gasteiger partial charge in [0.2, 0.25) is 0 Å². The molecule has 0 aliphatic carbocycles. The summed E-state index contributed by atoms with van der Waals surface area (Å²) in [5.74, 6) is 0. The predicted octanol–water partition coefficient (Wildman–Crippen LogP) is 4.35. The second kappa shape index (κ2) is 4.60. The fraction of sp³-hybridized carbons (Fsp3) is 0. The Morgan fingerprint density at radius 3 is 2.33 bits per heavy atom. The summed E-state index contributed by atoms with van der Waals surface area (Å²) in [6, 6.07) is 23.6. The molecule has 21 heavy (non-hydrogen) atoms. The van der Waals surface area contributed by atoms with Gasteiger partial charge in [-0.1, -0.05) is 54.6 Å². The van der Waals surface area contributed by atoms with Crippen LogP contribution >= 0.6 is 0 Å².